The normalized spacial score (nSPS) is 17.1. The molecule has 1 aliphatic rings. The van der Waals surface area contributed by atoms with Crippen LogP contribution in [0.1, 0.15) is 34.0 Å². The number of rotatable bonds is 3. The Morgan fingerprint density at radius 1 is 1.07 bits per heavy atom. The van der Waals surface area contributed by atoms with Gasteiger partial charge < -0.3 is 5.73 Å². The Morgan fingerprint density at radius 2 is 1.86 bits per heavy atom. The van der Waals surface area contributed by atoms with Gasteiger partial charge in [-0.3, -0.25) is 0 Å². The van der Waals surface area contributed by atoms with E-state index in [4.69, 9.17) is 5.73 Å². The van der Waals surface area contributed by atoms with Crippen molar-refractivity contribution in [3.05, 3.63) is 76.5 Å². The van der Waals surface area contributed by atoms with Gasteiger partial charge >= 0.3 is 0 Å². The fourth-order valence-electron chi connectivity index (χ4n) is 4.01. The highest BCUT2D eigenvalue weighted by Crippen LogP contribution is 2.40. The molecule has 0 aliphatic carbocycles. The van der Waals surface area contributed by atoms with E-state index >= 15 is 0 Å². The average molecular weight is 409 g/mol. The molecule has 0 bridgehead atoms. The largest absolute Gasteiger partial charge is 0.398 e. The maximum Gasteiger partial charge on any atom is 0.212 e. The number of nitrogens with two attached hydrogens (primary N) is 1. The molecule has 2 aromatic carbocycles. The summed E-state index contributed by atoms with van der Waals surface area (Å²) >= 11 is 0. The van der Waals surface area contributed by atoms with Crippen LogP contribution in [0, 0.1) is 13.8 Å². The molecule has 29 heavy (non-hydrogen) atoms. The number of sulfonamides is 1. The molecule has 2 heterocycles. The quantitative estimate of drug-likeness (QED) is 0.672. The number of fused-ring (bicyclic) bond motifs is 1. The number of nitrogen functional groups attached to an aromatic ring is 1. The van der Waals surface area contributed by atoms with Gasteiger partial charge in [0.2, 0.25) is 10.0 Å². The number of nitrogens with zero attached hydrogens (tertiary/aromatic N) is 3. The van der Waals surface area contributed by atoms with E-state index in [0.717, 1.165) is 39.2 Å². The third kappa shape index (κ3) is 3.63. The minimum Gasteiger partial charge on any atom is -0.398 e. The van der Waals surface area contributed by atoms with E-state index < -0.39 is 16.1 Å². The molecule has 2 N–H and O–H groups in total. The first kappa shape index (κ1) is 19.5. The number of hydrogen-bond donors (Lipinski definition) is 1. The lowest BCUT2D eigenvalue weighted by atomic mass is 9.87. The van der Waals surface area contributed by atoms with Crippen molar-refractivity contribution in [2.75, 3.05) is 18.5 Å². The smallest absolute Gasteiger partial charge is 0.212 e. The van der Waals surface area contributed by atoms with Crippen LogP contribution in [0.2, 0.25) is 0 Å². The first-order valence-electron chi connectivity index (χ1n) is 9.51. The molecule has 0 spiro atoms. The molecule has 0 amide bonds. The second-order valence-electron chi connectivity index (χ2n) is 7.58. The summed E-state index contributed by atoms with van der Waals surface area (Å²) in [5, 5.41) is 8.49. The lowest BCUT2D eigenvalue weighted by Crippen LogP contribution is -2.40. The van der Waals surface area contributed by atoms with E-state index in [1.165, 1.54) is 6.26 Å². The maximum absolute atomic E-state index is 12.6. The first-order chi connectivity index (χ1) is 13.8. The molecule has 0 saturated carbocycles. The Morgan fingerprint density at radius 3 is 2.55 bits per heavy atom. The predicted octanol–water partition coefficient (Wildman–Crippen LogP) is 3.25. The predicted molar refractivity (Wildman–Crippen MR) is 115 cm³/mol. The molecule has 1 aliphatic heterocycles. The van der Waals surface area contributed by atoms with Gasteiger partial charge in [0.25, 0.3) is 0 Å². The highest BCUT2D eigenvalue weighted by atomic mass is 32.2. The van der Waals surface area contributed by atoms with Crippen LogP contribution >= 0.6 is 0 Å². The molecule has 0 saturated heterocycles. The molecule has 1 aromatic heterocycles. The Hall–Kier alpha value is -2.77. The van der Waals surface area contributed by atoms with Crippen LogP contribution in [-0.4, -0.2) is 35.7 Å². The third-order valence-corrected chi connectivity index (χ3v) is 6.74. The van der Waals surface area contributed by atoms with Crippen LogP contribution < -0.4 is 5.73 Å². The highest BCUT2D eigenvalue weighted by molar-refractivity contribution is 7.88. The summed E-state index contributed by atoms with van der Waals surface area (Å²) in [7, 11) is -3.41. The molecule has 0 radical (unpaired) electrons. The van der Waals surface area contributed by atoms with Gasteiger partial charge in [0.1, 0.15) is 0 Å². The summed E-state index contributed by atoms with van der Waals surface area (Å²) in [6, 6.07) is 15.2. The molecule has 1 atom stereocenters. The van der Waals surface area contributed by atoms with E-state index in [1.54, 1.807) is 4.31 Å². The summed E-state index contributed by atoms with van der Waals surface area (Å²) in [4.78, 5) is 0. The SMILES string of the molecule is Cc1ccc(-c2cc(C3c4cccc(N)c4CCN3S(C)(=O)=O)ccc2C)nn1. The van der Waals surface area contributed by atoms with Gasteiger partial charge in [-0.05, 0) is 66.8 Å². The summed E-state index contributed by atoms with van der Waals surface area (Å²) < 4.78 is 26.8. The van der Waals surface area contributed by atoms with Crippen molar-refractivity contribution >= 4 is 15.7 Å². The zero-order chi connectivity index (χ0) is 20.8. The zero-order valence-corrected chi connectivity index (χ0v) is 17.6. The van der Waals surface area contributed by atoms with Gasteiger partial charge in [0.15, 0.2) is 0 Å². The fraction of sp³-hybridized carbons (Fsp3) is 0.273. The Bertz CT molecular complexity index is 1170. The summed E-state index contributed by atoms with van der Waals surface area (Å²) in [6.45, 7) is 4.31. The van der Waals surface area contributed by atoms with Gasteiger partial charge in [-0.2, -0.15) is 14.5 Å². The molecule has 0 fully saturated rings. The number of aryl methyl sites for hydroxylation is 2. The lowest BCUT2D eigenvalue weighted by molar-refractivity contribution is 0.347. The number of aromatic nitrogens is 2. The van der Waals surface area contributed by atoms with Gasteiger partial charge in [-0.15, -0.1) is 0 Å². The van der Waals surface area contributed by atoms with Crippen molar-refractivity contribution in [3.8, 4) is 11.3 Å². The lowest BCUT2D eigenvalue weighted by Gasteiger charge is -2.36. The van der Waals surface area contributed by atoms with Crippen molar-refractivity contribution in [1.82, 2.24) is 14.5 Å². The van der Waals surface area contributed by atoms with Crippen LogP contribution in [0.5, 0.6) is 0 Å². The summed E-state index contributed by atoms with van der Waals surface area (Å²) in [6.07, 6.45) is 1.87. The van der Waals surface area contributed by atoms with Crippen LogP contribution in [0.3, 0.4) is 0 Å². The van der Waals surface area contributed by atoms with Crippen LogP contribution in [0.15, 0.2) is 48.5 Å². The van der Waals surface area contributed by atoms with E-state index in [2.05, 4.69) is 10.2 Å². The number of anilines is 1. The molecule has 1 unspecified atom stereocenters. The molecule has 4 rings (SSSR count). The monoisotopic (exact) mass is 408 g/mol. The van der Waals surface area contributed by atoms with Gasteiger partial charge in [0, 0.05) is 17.8 Å². The average Bonchev–Trinajstić information content (AvgIpc) is 2.68. The van der Waals surface area contributed by atoms with Crippen molar-refractivity contribution < 1.29 is 8.42 Å². The Labute approximate surface area is 171 Å². The molecule has 7 heteroatoms. The van der Waals surface area contributed by atoms with Crippen molar-refractivity contribution in [2.24, 2.45) is 0 Å². The number of hydrogen-bond acceptors (Lipinski definition) is 5. The van der Waals surface area contributed by atoms with Crippen molar-refractivity contribution in [3.63, 3.8) is 0 Å². The van der Waals surface area contributed by atoms with Gasteiger partial charge in [0.05, 0.1) is 23.7 Å². The summed E-state index contributed by atoms with van der Waals surface area (Å²) in [5.74, 6) is 0. The van der Waals surface area contributed by atoms with Gasteiger partial charge in [-0.25, -0.2) is 8.42 Å². The standard InChI is InChI=1S/C22H24N4O2S/c1-14-7-9-16(13-19(14)21-10-8-15(2)24-25-21)22-18-5-4-6-20(23)17(18)11-12-26(22)29(3,27)28/h4-10,13,22H,11-12,23H2,1-3H3. The van der Waals surface area contributed by atoms with E-state index in [9.17, 15) is 8.42 Å². The minimum absolute atomic E-state index is 0.401. The van der Waals surface area contributed by atoms with Crippen molar-refractivity contribution in [2.45, 2.75) is 26.3 Å². The third-order valence-electron chi connectivity index (χ3n) is 5.49. The number of benzene rings is 2. The van der Waals surface area contributed by atoms with Crippen LogP contribution in [-0.2, 0) is 16.4 Å². The molecular formula is C22H24N4O2S. The minimum atomic E-state index is -3.41. The van der Waals surface area contributed by atoms with Crippen molar-refractivity contribution in [1.29, 1.82) is 0 Å². The highest BCUT2D eigenvalue weighted by Gasteiger charge is 2.35. The maximum atomic E-state index is 12.6. The van der Waals surface area contributed by atoms with Crippen LogP contribution in [0.25, 0.3) is 11.3 Å². The fourth-order valence-corrected chi connectivity index (χ4v) is 5.05. The van der Waals surface area contributed by atoms with E-state index in [1.807, 2.05) is 62.4 Å². The van der Waals surface area contributed by atoms with E-state index in [0.29, 0.717) is 18.7 Å². The first-order valence-corrected chi connectivity index (χ1v) is 11.4. The Kier molecular flexibility index (Phi) is 4.88. The van der Waals surface area contributed by atoms with Crippen LogP contribution in [0.4, 0.5) is 5.69 Å². The second-order valence-corrected chi connectivity index (χ2v) is 9.51. The van der Waals surface area contributed by atoms with Gasteiger partial charge in [-0.1, -0.05) is 24.3 Å². The summed E-state index contributed by atoms with van der Waals surface area (Å²) in [5.41, 5.74) is 13.4. The molecule has 3 aromatic rings. The topological polar surface area (TPSA) is 89.2 Å². The molecule has 6 nitrogen and oxygen atoms in total. The second kappa shape index (κ2) is 7.24. The molecule has 150 valence electrons. The van der Waals surface area contributed by atoms with E-state index in [-0.39, 0.29) is 0 Å². The Balaban J connectivity index is 1.90. The zero-order valence-electron chi connectivity index (χ0n) is 16.8. The molecular weight excluding hydrogens is 384 g/mol.